The highest BCUT2D eigenvalue weighted by atomic mass is 35.5. The summed E-state index contributed by atoms with van der Waals surface area (Å²) < 4.78 is 0. The van der Waals surface area contributed by atoms with Crippen LogP contribution in [-0.4, -0.2) is 17.6 Å². The van der Waals surface area contributed by atoms with Crippen molar-refractivity contribution in [3.63, 3.8) is 0 Å². The first-order valence-electron chi connectivity index (χ1n) is 6.51. The van der Waals surface area contributed by atoms with Crippen LogP contribution in [0, 0.1) is 0 Å². The number of benzene rings is 1. The van der Waals surface area contributed by atoms with E-state index in [1.807, 2.05) is 36.9 Å². The molecule has 1 aliphatic rings. The second kappa shape index (κ2) is 6.12. The zero-order valence-electron chi connectivity index (χ0n) is 12.6. The van der Waals surface area contributed by atoms with Crippen molar-refractivity contribution >= 4 is 41.6 Å². The highest BCUT2D eigenvalue weighted by molar-refractivity contribution is 6.31. The Bertz CT molecular complexity index is 593. The maximum atomic E-state index is 6.35. The van der Waals surface area contributed by atoms with Crippen molar-refractivity contribution in [1.29, 1.82) is 0 Å². The van der Waals surface area contributed by atoms with Gasteiger partial charge >= 0.3 is 0 Å². The Hall–Kier alpha value is -1.46. The van der Waals surface area contributed by atoms with Crippen LogP contribution in [0.2, 0.25) is 5.02 Å². The molecule has 0 aromatic heterocycles. The number of halogens is 2. The molecule has 0 aliphatic carbocycles. The summed E-state index contributed by atoms with van der Waals surface area (Å²) in [4.78, 5) is 10.2. The Labute approximate surface area is 136 Å². The minimum atomic E-state index is -0.599. The largest absolute Gasteiger partial charge is 0.369 e. The molecule has 0 spiro atoms. The molecule has 21 heavy (non-hydrogen) atoms. The number of hydrogen-bond donors (Lipinski definition) is 2. The SMILES string of the molecule is CC(C)c1ccc(N2C(N)=NC(N)=NC2(C)C)cc1Cl.Cl. The third kappa shape index (κ3) is 3.41. The second-order valence-corrected chi connectivity index (χ2v) is 6.04. The molecule has 1 aromatic rings. The average molecular weight is 330 g/mol. The van der Waals surface area contributed by atoms with E-state index in [0.717, 1.165) is 11.3 Å². The van der Waals surface area contributed by atoms with Crippen LogP contribution in [-0.2, 0) is 0 Å². The lowest BCUT2D eigenvalue weighted by atomic mass is 10.0. The van der Waals surface area contributed by atoms with E-state index >= 15 is 0 Å². The highest BCUT2D eigenvalue weighted by Crippen LogP contribution is 2.33. The Morgan fingerprint density at radius 2 is 1.86 bits per heavy atom. The second-order valence-electron chi connectivity index (χ2n) is 5.63. The van der Waals surface area contributed by atoms with Crippen LogP contribution in [0.3, 0.4) is 0 Å². The van der Waals surface area contributed by atoms with Crippen LogP contribution in [0.5, 0.6) is 0 Å². The van der Waals surface area contributed by atoms with Crippen LogP contribution in [0.25, 0.3) is 0 Å². The van der Waals surface area contributed by atoms with E-state index in [4.69, 9.17) is 23.1 Å². The van der Waals surface area contributed by atoms with Crippen molar-refractivity contribution in [2.75, 3.05) is 4.90 Å². The highest BCUT2D eigenvalue weighted by Gasteiger charge is 2.33. The number of nitrogens with two attached hydrogens (primary N) is 2. The molecule has 1 heterocycles. The third-order valence-corrected chi connectivity index (χ3v) is 3.59. The summed E-state index contributed by atoms with van der Waals surface area (Å²) in [5.74, 6) is 0.870. The minimum Gasteiger partial charge on any atom is -0.369 e. The fourth-order valence-electron chi connectivity index (χ4n) is 2.37. The maximum Gasteiger partial charge on any atom is 0.220 e. The summed E-state index contributed by atoms with van der Waals surface area (Å²) in [6.07, 6.45) is 0. The van der Waals surface area contributed by atoms with Crippen LogP contribution in [0.15, 0.2) is 28.2 Å². The normalized spacial score (nSPS) is 17.1. The van der Waals surface area contributed by atoms with E-state index in [1.165, 1.54) is 0 Å². The molecule has 0 saturated carbocycles. The molecule has 1 aliphatic heterocycles. The van der Waals surface area contributed by atoms with Crippen molar-refractivity contribution < 1.29 is 0 Å². The quantitative estimate of drug-likeness (QED) is 0.874. The van der Waals surface area contributed by atoms with E-state index in [1.54, 1.807) is 0 Å². The van der Waals surface area contributed by atoms with Gasteiger partial charge in [-0.2, -0.15) is 4.99 Å². The summed E-state index contributed by atoms with van der Waals surface area (Å²) in [7, 11) is 0. The predicted octanol–water partition coefficient (Wildman–Crippen LogP) is 3.07. The number of aliphatic imine (C=N–C) groups is 2. The first-order chi connectivity index (χ1) is 9.22. The zero-order chi connectivity index (χ0) is 15.1. The topological polar surface area (TPSA) is 80.0 Å². The Balaban J connectivity index is 0.00000220. The standard InChI is InChI=1S/C14H20ClN5.ClH/c1-8(2)10-6-5-9(7-11(10)15)20-13(17)18-12(16)19-14(20,3)4;/h5-8H,1-4H3,(H4,16,17,18,19);1H. The summed E-state index contributed by atoms with van der Waals surface area (Å²) in [5, 5.41) is 0.712. The monoisotopic (exact) mass is 329 g/mol. The van der Waals surface area contributed by atoms with E-state index in [-0.39, 0.29) is 18.4 Å². The van der Waals surface area contributed by atoms with Crippen LogP contribution < -0.4 is 16.4 Å². The van der Waals surface area contributed by atoms with Crippen LogP contribution in [0.4, 0.5) is 5.69 Å². The van der Waals surface area contributed by atoms with Crippen molar-refractivity contribution in [2.45, 2.75) is 39.3 Å². The molecule has 1 aromatic carbocycles. The first kappa shape index (κ1) is 17.6. The average Bonchev–Trinajstić information content (AvgIpc) is 2.25. The molecule has 0 unspecified atom stereocenters. The lowest BCUT2D eigenvalue weighted by Gasteiger charge is -2.38. The molecule has 5 nitrogen and oxygen atoms in total. The summed E-state index contributed by atoms with van der Waals surface area (Å²) in [5.41, 5.74) is 13.0. The van der Waals surface area contributed by atoms with Gasteiger partial charge in [0.25, 0.3) is 0 Å². The van der Waals surface area contributed by atoms with E-state index in [0.29, 0.717) is 16.9 Å². The van der Waals surface area contributed by atoms with E-state index in [9.17, 15) is 0 Å². The third-order valence-electron chi connectivity index (χ3n) is 3.26. The van der Waals surface area contributed by atoms with Crippen LogP contribution in [0.1, 0.15) is 39.2 Å². The molecule has 4 N–H and O–H groups in total. The predicted molar refractivity (Wildman–Crippen MR) is 92.6 cm³/mol. The smallest absolute Gasteiger partial charge is 0.220 e. The van der Waals surface area contributed by atoms with Gasteiger partial charge in [0, 0.05) is 10.7 Å². The maximum absolute atomic E-state index is 6.35. The Morgan fingerprint density at radius 3 is 2.33 bits per heavy atom. The number of rotatable bonds is 2. The minimum absolute atomic E-state index is 0. The Kier molecular flexibility index (Phi) is 5.12. The summed E-state index contributed by atoms with van der Waals surface area (Å²) in [6, 6.07) is 5.87. The van der Waals surface area contributed by atoms with Gasteiger partial charge < -0.3 is 11.5 Å². The van der Waals surface area contributed by atoms with E-state index in [2.05, 4.69) is 23.8 Å². The molecule has 0 saturated heterocycles. The summed E-state index contributed by atoms with van der Waals surface area (Å²) in [6.45, 7) is 8.05. The fraction of sp³-hybridized carbons (Fsp3) is 0.429. The van der Waals surface area contributed by atoms with Gasteiger partial charge in [0.2, 0.25) is 11.9 Å². The molecule has 0 amide bonds. The zero-order valence-corrected chi connectivity index (χ0v) is 14.2. The van der Waals surface area contributed by atoms with Crippen molar-refractivity contribution in [3.8, 4) is 0 Å². The van der Waals surface area contributed by atoms with Crippen molar-refractivity contribution in [3.05, 3.63) is 28.8 Å². The lowest BCUT2D eigenvalue weighted by molar-refractivity contribution is 0.534. The molecular formula is C14H21Cl2N5. The molecule has 0 atom stereocenters. The van der Waals surface area contributed by atoms with Crippen molar-refractivity contribution in [1.82, 2.24) is 0 Å². The molecule has 0 radical (unpaired) electrons. The molecule has 2 rings (SSSR count). The van der Waals surface area contributed by atoms with Gasteiger partial charge in [-0.25, -0.2) is 4.99 Å². The number of nitrogens with zero attached hydrogens (tertiary/aromatic N) is 3. The fourth-order valence-corrected chi connectivity index (χ4v) is 2.77. The lowest BCUT2D eigenvalue weighted by Crippen LogP contribution is -2.54. The molecule has 0 fully saturated rings. The molecular weight excluding hydrogens is 309 g/mol. The van der Waals surface area contributed by atoms with E-state index < -0.39 is 5.66 Å². The molecule has 116 valence electrons. The van der Waals surface area contributed by atoms with Gasteiger partial charge in [-0.3, -0.25) is 4.90 Å². The molecule has 7 heteroatoms. The number of hydrogen-bond acceptors (Lipinski definition) is 5. The van der Waals surface area contributed by atoms with Gasteiger partial charge in [0.1, 0.15) is 5.66 Å². The van der Waals surface area contributed by atoms with Gasteiger partial charge in [-0.05, 0) is 37.5 Å². The summed E-state index contributed by atoms with van der Waals surface area (Å²) >= 11 is 6.35. The van der Waals surface area contributed by atoms with Crippen LogP contribution >= 0.6 is 24.0 Å². The first-order valence-corrected chi connectivity index (χ1v) is 6.89. The Morgan fingerprint density at radius 1 is 1.24 bits per heavy atom. The van der Waals surface area contributed by atoms with Crippen molar-refractivity contribution in [2.24, 2.45) is 21.5 Å². The number of anilines is 1. The number of guanidine groups is 2. The van der Waals surface area contributed by atoms with Gasteiger partial charge in [0.15, 0.2) is 0 Å². The van der Waals surface area contributed by atoms with Gasteiger partial charge in [-0.1, -0.05) is 31.5 Å². The van der Waals surface area contributed by atoms with Gasteiger partial charge in [0.05, 0.1) is 0 Å². The van der Waals surface area contributed by atoms with Gasteiger partial charge in [-0.15, -0.1) is 12.4 Å². The molecule has 0 bridgehead atoms.